The van der Waals surface area contributed by atoms with Gasteiger partial charge in [-0.05, 0) is 0 Å². The maximum Gasteiger partial charge on any atom is 0.214 e. The SMILES string of the molecule is OC1C(CCl)OC(OC2(CCl)OC(CCl)C(O)C2O)C(Cl)C1O. The molecule has 2 heterocycles. The summed E-state index contributed by atoms with van der Waals surface area (Å²) in [6.07, 6.45) is -8.61. The van der Waals surface area contributed by atoms with Crippen molar-refractivity contribution in [3.63, 3.8) is 0 Å². The molecule has 2 aliphatic rings. The minimum Gasteiger partial charge on any atom is -0.389 e. The molecule has 2 saturated heterocycles. The Morgan fingerprint density at radius 1 is 0.913 bits per heavy atom. The highest BCUT2D eigenvalue weighted by atomic mass is 35.5. The standard InChI is InChI=1S/C12H18Cl4O7/c13-1-4-7(17)9(19)6(16)11(21-4)23-12(3-15)10(20)8(18)5(2-14)22-12/h4-11,17-20H,1-3H2. The molecule has 0 aliphatic carbocycles. The van der Waals surface area contributed by atoms with Crippen LogP contribution in [0.5, 0.6) is 0 Å². The quantitative estimate of drug-likeness (QED) is 0.452. The van der Waals surface area contributed by atoms with Crippen LogP contribution in [0.25, 0.3) is 0 Å². The Bertz CT molecular complexity index is 404. The Hall–Kier alpha value is 0.880. The second-order valence-corrected chi connectivity index (χ2v) is 6.82. The van der Waals surface area contributed by atoms with Crippen LogP contribution < -0.4 is 0 Å². The molecule has 2 aliphatic heterocycles. The van der Waals surface area contributed by atoms with Crippen LogP contribution in [0, 0.1) is 0 Å². The lowest BCUT2D eigenvalue weighted by Crippen LogP contribution is -2.60. The molecule has 0 saturated carbocycles. The zero-order chi connectivity index (χ0) is 17.4. The predicted molar refractivity (Wildman–Crippen MR) is 83.2 cm³/mol. The van der Waals surface area contributed by atoms with Gasteiger partial charge in [0.1, 0.15) is 42.0 Å². The van der Waals surface area contributed by atoms with Gasteiger partial charge in [-0.25, -0.2) is 0 Å². The van der Waals surface area contributed by atoms with E-state index in [9.17, 15) is 20.4 Å². The van der Waals surface area contributed by atoms with Gasteiger partial charge in [0.05, 0.1) is 17.6 Å². The average Bonchev–Trinajstić information content (AvgIpc) is 2.80. The molecule has 0 radical (unpaired) electrons. The summed E-state index contributed by atoms with van der Waals surface area (Å²) in [5, 5.41) is 38.7. The summed E-state index contributed by atoms with van der Waals surface area (Å²) < 4.78 is 16.4. The lowest BCUT2D eigenvalue weighted by atomic mass is 10.0. The van der Waals surface area contributed by atoms with Gasteiger partial charge in [0.15, 0.2) is 6.29 Å². The molecule has 11 heteroatoms. The Labute approximate surface area is 152 Å². The monoisotopic (exact) mass is 414 g/mol. The first kappa shape index (κ1) is 20.2. The summed E-state index contributed by atoms with van der Waals surface area (Å²) in [4.78, 5) is 0. The van der Waals surface area contributed by atoms with Crippen LogP contribution in [0.4, 0.5) is 0 Å². The van der Waals surface area contributed by atoms with E-state index in [1.54, 1.807) is 0 Å². The second-order valence-electron chi connectivity index (χ2n) is 5.43. The number of hydrogen-bond acceptors (Lipinski definition) is 7. The maximum absolute atomic E-state index is 10.2. The van der Waals surface area contributed by atoms with Crippen LogP contribution >= 0.6 is 46.4 Å². The van der Waals surface area contributed by atoms with Gasteiger partial charge in [-0.15, -0.1) is 46.4 Å². The molecule has 23 heavy (non-hydrogen) atoms. The summed E-state index contributed by atoms with van der Waals surface area (Å²) >= 11 is 23.2. The van der Waals surface area contributed by atoms with Crippen LogP contribution in [-0.4, -0.2) is 92.1 Å². The molecular formula is C12H18Cl4O7. The highest BCUT2D eigenvalue weighted by Gasteiger charge is 2.58. The number of hydrogen-bond donors (Lipinski definition) is 4. The molecule has 9 unspecified atom stereocenters. The molecular weight excluding hydrogens is 398 g/mol. The average molecular weight is 416 g/mol. The lowest BCUT2D eigenvalue weighted by Gasteiger charge is -2.43. The van der Waals surface area contributed by atoms with Gasteiger partial charge in [0.2, 0.25) is 5.79 Å². The summed E-state index contributed by atoms with van der Waals surface area (Å²) in [7, 11) is 0. The molecule has 136 valence electrons. The zero-order valence-electron chi connectivity index (χ0n) is 11.8. The Kier molecular flexibility index (Phi) is 7.07. The van der Waals surface area contributed by atoms with Crippen molar-refractivity contribution in [3.8, 4) is 0 Å². The van der Waals surface area contributed by atoms with Gasteiger partial charge in [0, 0.05) is 0 Å². The smallest absolute Gasteiger partial charge is 0.214 e. The fourth-order valence-electron chi connectivity index (χ4n) is 2.54. The molecule has 0 amide bonds. The van der Waals surface area contributed by atoms with Gasteiger partial charge in [-0.2, -0.15) is 0 Å². The van der Waals surface area contributed by atoms with E-state index in [1.165, 1.54) is 0 Å². The topological polar surface area (TPSA) is 109 Å². The van der Waals surface area contributed by atoms with Crippen molar-refractivity contribution in [1.82, 2.24) is 0 Å². The van der Waals surface area contributed by atoms with Crippen LogP contribution in [0.3, 0.4) is 0 Å². The summed E-state index contributed by atoms with van der Waals surface area (Å²) in [5.41, 5.74) is 0. The van der Waals surface area contributed by atoms with Gasteiger partial charge in [-0.3, -0.25) is 0 Å². The van der Waals surface area contributed by atoms with Gasteiger partial charge in [0.25, 0.3) is 0 Å². The number of aliphatic hydroxyl groups excluding tert-OH is 4. The largest absolute Gasteiger partial charge is 0.389 e. The highest BCUT2D eigenvalue weighted by molar-refractivity contribution is 6.21. The van der Waals surface area contributed by atoms with Crippen LogP contribution in [-0.2, 0) is 14.2 Å². The molecule has 4 N–H and O–H groups in total. The van der Waals surface area contributed by atoms with Crippen molar-refractivity contribution in [3.05, 3.63) is 0 Å². The first-order valence-corrected chi connectivity index (χ1v) is 8.90. The lowest BCUT2D eigenvalue weighted by molar-refractivity contribution is -0.340. The molecule has 9 atom stereocenters. The van der Waals surface area contributed by atoms with Gasteiger partial charge < -0.3 is 34.6 Å². The zero-order valence-corrected chi connectivity index (χ0v) is 14.8. The molecule has 0 bridgehead atoms. The first-order valence-electron chi connectivity index (χ1n) is 6.86. The Morgan fingerprint density at radius 3 is 2.00 bits per heavy atom. The van der Waals surface area contributed by atoms with E-state index in [0.29, 0.717) is 0 Å². The molecule has 2 rings (SSSR count). The minimum atomic E-state index is -1.82. The molecule has 7 nitrogen and oxygen atoms in total. The van der Waals surface area contributed by atoms with Gasteiger partial charge >= 0.3 is 0 Å². The number of ether oxygens (including phenoxy) is 3. The van der Waals surface area contributed by atoms with Crippen molar-refractivity contribution in [2.75, 3.05) is 17.6 Å². The third-order valence-electron chi connectivity index (χ3n) is 3.94. The normalized spacial score (nSPS) is 51.1. The molecule has 2 fully saturated rings. The van der Waals surface area contributed by atoms with E-state index >= 15 is 0 Å². The van der Waals surface area contributed by atoms with E-state index in [1.807, 2.05) is 0 Å². The molecule has 0 aromatic heterocycles. The highest BCUT2D eigenvalue weighted by Crippen LogP contribution is 2.38. The van der Waals surface area contributed by atoms with Gasteiger partial charge in [-0.1, -0.05) is 0 Å². The van der Waals surface area contributed by atoms with Crippen molar-refractivity contribution >= 4 is 46.4 Å². The van der Waals surface area contributed by atoms with Crippen molar-refractivity contribution in [1.29, 1.82) is 0 Å². The van der Waals surface area contributed by atoms with Crippen LogP contribution in [0.1, 0.15) is 0 Å². The van der Waals surface area contributed by atoms with Crippen molar-refractivity contribution in [2.45, 2.75) is 54.1 Å². The third kappa shape index (κ3) is 3.71. The minimum absolute atomic E-state index is 0.0955. The third-order valence-corrected chi connectivity index (χ3v) is 5.38. The first-order chi connectivity index (χ1) is 10.8. The number of aliphatic hydroxyl groups is 4. The molecule has 0 aromatic rings. The maximum atomic E-state index is 10.2. The van der Waals surface area contributed by atoms with E-state index in [-0.39, 0.29) is 17.6 Å². The van der Waals surface area contributed by atoms with E-state index in [2.05, 4.69) is 0 Å². The van der Waals surface area contributed by atoms with E-state index < -0.39 is 54.1 Å². The summed E-state index contributed by atoms with van der Waals surface area (Å²) in [6.45, 7) is 0. The number of alkyl halides is 4. The van der Waals surface area contributed by atoms with Crippen LogP contribution in [0.2, 0.25) is 0 Å². The molecule has 0 aromatic carbocycles. The fraction of sp³-hybridized carbons (Fsp3) is 1.00. The number of halogens is 4. The van der Waals surface area contributed by atoms with Crippen molar-refractivity contribution < 1.29 is 34.6 Å². The summed E-state index contributed by atoms with van der Waals surface area (Å²) in [5.74, 6) is -2.39. The van der Waals surface area contributed by atoms with Crippen molar-refractivity contribution in [2.24, 2.45) is 0 Å². The number of rotatable bonds is 5. The Balaban J connectivity index is 2.18. The second kappa shape index (κ2) is 8.05. The van der Waals surface area contributed by atoms with E-state index in [4.69, 9.17) is 60.6 Å². The Morgan fingerprint density at radius 2 is 1.52 bits per heavy atom. The van der Waals surface area contributed by atoms with E-state index in [0.717, 1.165) is 0 Å². The van der Waals surface area contributed by atoms with Crippen LogP contribution in [0.15, 0.2) is 0 Å². The molecule has 0 spiro atoms. The predicted octanol–water partition coefficient (Wildman–Crippen LogP) is -0.410. The summed E-state index contributed by atoms with van der Waals surface area (Å²) in [6, 6.07) is 0. The fourth-order valence-corrected chi connectivity index (χ4v) is 3.58.